The molecule has 3 nitrogen and oxygen atoms in total. The second-order valence-electron chi connectivity index (χ2n) is 8.69. The Hall–Kier alpha value is -1.88. The van der Waals surface area contributed by atoms with Crippen molar-refractivity contribution in [3.05, 3.63) is 73.7 Å². The van der Waals surface area contributed by atoms with Gasteiger partial charge >= 0.3 is 12.4 Å². The summed E-state index contributed by atoms with van der Waals surface area (Å²) < 4.78 is 82.8. The molecule has 1 N–H and O–H groups in total. The van der Waals surface area contributed by atoms with E-state index in [9.17, 15) is 35.9 Å². The van der Waals surface area contributed by atoms with Gasteiger partial charge in [0.2, 0.25) is 0 Å². The zero-order valence-electron chi connectivity index (χ0n) is 20.7. The fourth-order valence-corrected chi connectivity index (χ4v) is 4.73. The lowest BCUT2D eigenvalue weighted by molar-refractivity contribution is -0.139. The number of Topliss-reactive ketones (excluding diaryl/α,β-unsaturated/α-hetero) is 1. The van der Waals surface area contributed by atoms with E-state index in [1.54, 1.807) is 11.8 Å². The molecule has 1 unspecified atom stereocenters. The Morgan fingerprint density at radius 3 is 2.18 bits per heavy atom. The Labute approximate surface area is 241 Å². The topological polar surface area (TPSA) is 46.2 Å². The molecule has 0 radical (unpaired) electrons. The van der Waals surface area contributed by atoms with Gasteiger partial charge in [-0.25, -0.2) is 0 Å². The summed E-state index contributed by atoms with van der Waals surface area (Å²) in [6.45, 7) is 1.50. The number of allylic oxidation sites excluding steroid dienone is 1. The molecule has 0 aliphatic carbocycles. The third-order valence-corrected chi connectivity index (χ3v) is 7.40. The summed E-state index contributed by atoms with van der Waals surface area (Å²) in [5, 5.41) is 1.82. The molecule has 1 amide bonds. The molecular weight excluding hydrogens is 611 g/mol. The Balaban J connectivity index is 2.32. The molecule has 0 heterocycles. The lowest BCUT2D eigenvalue weighted by Crippen LogP contribution is -2.35. The molecule has 2 rings (SSSR count). The molecule has 0 bridgehead atoms. The predicted octanol–water partition coefficient (Wildman–Crippen LogP) is 9.25. The van der Waals surface area contributed by atoms with Crippen molar-refractivity contribution in [1.29, 1.82) is 0 Å². The van der Waals surface area contributed by atoms with Gasteiger partial charge in [0.05, 0.1) is 32.1 Å². The lowest BCUT2D eigenvalue weighted by Gasteiger charge is -2.19. The summed E-state index contributed by atoms with van der Waals surface area (Å²) in [5.41, 5.74) is -2.63. The van der Waals surface area contributed by atoms with E-state index < -0.39 is 41.3 Å². The van der Waals surface area contributed by atoms with Gasteiger partial charge in [-0.3, -0.25) is 9.59 Å². The molecule has 0 saturated carbocycles. The number of alkyl halides is 6. The largest absolute Gasteiger partial charge is 0.417 e. The number of halogens is 9. The number of amides is 1. The molecule has 2 aromatic carbocycles. The van der Waals surface area contributed by atoms with Gasteiger partial charge in [0.15, 0.2) is 0 Å². The number of carbonyl (C=O) groups excluding carboxylic acids is 2. The van der Waals surface area contributed by atoms with Crippen molar-refractivity contribution in [3.63, 3.8) is 0 Å². The molecule has 0 fully saturated rings. The van der Waals surface area contributed by atoms with Crippen LogP contribution in [0.5, 0.6) is 0 Å². The van der Waals surface area contributed by atoms with Crippen molar-refractivity contribution in [2.24, 2.45) is 0 Å². The summed E-state index contributed by atoms with van der Waals surface area (Å²) in [4.78, 5) is 24.6. The average molecular weight is 635 g/mol. The van der Waals surface area contributed by atoms with Crippen LogP contribution in [0.1, 0.15) is 59.2 Å². The zero-order valence-corrected chi connectivity index (χ0v) is 23.7. The number of rotatable bonds is 11. The molecule has 2 atom stereocenters. The van der Waals surface area contributed by atoms with Gasteiger partial charge in [-0.1, -0.05) is 53.0 Å². The highest BCUT2D eigenvalue weighted by Crippen LogP contribution is 2.41. The van der Waals surface area contributed by atoms with Crippen LogP contribution in [0.4, 0.5) is 26.3 Å². The van der Waals surface area contributed by atoms with E-state index in [0.29, 0.717) is 25.0 Å². The first-order chi connectivity index (χ1) is 18.0. The van der Waals surface area contributed by atoms with E-state index in [4.69, 9.17) is 34.8 Å². The maximum absolute atomic E-state index is 13.8. The SMILES string of the molecule is CSCCCC(=O)C[C@@H](C)NC(=O)c1ccc(/C=C/C(c2cc(Cl)c(Cl)c(Cl)c2)C(F)(F)F)cc1C(F)(F)F. The number of benzene rings is 2. The minimum absolute atomic E-state index is 0.0418. The molecule has 214 valence electrons. The highest BCUT2D eigenvalue weighted by molar-refractivity contribution is 7.98. The van der Waals surface area contributed by atoms with Crippen molar-refractivity contribution in [2.75, 3.05) is 12.0 Å². The summed E-state index contributed by atoms with van der Waals surface area (Å²) in [6.07, 6.45) is -5.48. The maximum Gasteiger partial charge on any atom is 0.417 e. The Morgan fingerprint density at radius 2 is 1.64 bits per heavy atom. The van der Waals surface area contributed by atoms with Crippen LogP contribution in [-0.2, 0) is 11.0 Å². The molecule has 13 heteroatoms. The quantitative estimate of drug-likeness (QED) is 0.152. The van der Waals surface area contributed by atoms with Crippen LogP contribution in [0.3, 0.4) is 0 Å². The number of carbonyl (C=O) groups is 2. The van der Waals surface area contributed by atoms with E-state index in [0.717, 1.165) is 36.1 Å². The van der Waals surface area contributed by atoms with Gasteiger partial charge in [-0.2, -0.15) is 38.1 Å². The van der Waals surface area contributed by atoms with Crippen LogP contribution >= 0.6 is 46.6 Å². The van der Waals surface area contributed by atoms with Crippen LogP contribution < -0.4 is 5.32 Å². The van der Waals surface area contributed by atoms with Crippen molar-refractivity contribution in [1.82, 2.24) is 5.32 Å². The number of hydrogen-bond acceptors (Lipinski definition) is 3. The number of nitrogens with one attached hydrogen (secondary N) is 1. The zero-order chi connectivity index (χ0) is 29.5. The van der Waals surface area contributed by atoms with Gasteiger partial charge in [0.25, 0.3) is 5.91 Å². The molecule has 0 saturated heterocycles. The van der Waals surface area contributed by atoms with E-state index >= 15 is 0 Å². The van der Waals surface area contributed by atoms with E-state index in [1.165, 1.54) is 6.92 Å². The highest BCUT2D eigenvalue weighted by atomic mass is 35.5. The van der Waals surface area contributed by atoms with Crippen LogP contribution in [-0.4, -0.2) is 35.9 Å². The fourth-order valence-electron chi connectivity index (χ4n) is 3.68. The second kappa shape index (κ2) is 14.1. The maximum atomic E-state index is 13.8. The fraction of sp³-hybridized carbons (Fsp3) is 0.385. The van der Waals surface area contributed by atoms with Crippen molar-refractivity contribution < 1.29 is 35.9 Å². The minimum Gasteiger partial charge on any atom is -0.349 e. The standard InChI is InChI=1S/C26H24Cl3F6NO2S/c1-14(10-17(37)4-3-9-39-2)36-24(38)18-7-5-15(11-20(18)26(33,34)35)6-8-19(25(30,31)32)16-12-21(27)23(29)22(28)13-16/h5-8,11-14,19H,3-4,9-10H2,1-2H3,(H,36,38)/b8-6+/t14-,19?/m1/s1. The summed E-state index contributed by atoms with van der Waals surface area (Å²) in [5.74, 6) is -2.65. The third kappa shape index (κ3) is 9.92. The molecule has 2 aromatic rings. The summed E-state index contributed by atoms with van der Waals surface area (Å²) >= 11 is 19.1. The molecule has 0 aliphatic heterocycles. The molecule has 0 aromatic heterocycles. The van der Waals surface area contributed by atoms with Crippen LogP contribution in [0.2, 0.25) is 15.1 Å². The van der Waals surface area contributed by atoms with Gasteiger partial charge in [-0.05, 0) is 60.7 Å². The predicted molar refractivity (Wildman–Crippen MR) is 145 cm³/mol. The second-order valence-corrected chi connectivity index (χ2v) is 10.9. The Bertz CT molecular complexity index is 1190. The van der Waals surface area contributed by atoms with Crippen LogP contribution in [0, 0.1) is 0 Å². The average Bonchev–Trinajstić information content (AvgIpc) is 2.81. The van der Waals surface area contributed by atoms with Crippen LogP contribution in [0.15, 0.2) is 36.4 Å². The first kappa shape index (κ1) is 33.3. The normalized spacial score (nSPS) is 13.9. The van der Waals surface area contributed by atoms with Gasteiger partial charge < -0.3 is 5.32 Å². The third-order valence-electron chi connectivity index (χ3n) is 5.51. The van der Waals surface area contributed by atoms with Crippen LogP contribution in [0.25, 0.3) is 6.08 Å². The summed E-state index contributed by atoms with van der Waals surface area (Å²) in [6, 6.07) is 3.78. The lowest BCUT2D eigenvalue weighted by atomic mass is 9.96. The number of thioether (sulfide) groups is 1. The van der Waals surface area contributed by atoms with E-state index in [2.05, 4.69) is 5.32 Å². The van der Waals surface area contributed by atoms with Gasteiger partial charge in [-0.15, -0.1) is 0 Å². The first-order valence-electron chi connectivity index (χ1n) is 11.5. The van der Waals surface area contributed by atoms with Crippen molar-refractivity contribution >= 4 is 64.3 Å². The molecule has 0 spiro atoms. The Morgan fingerprint density at radius 1 is 1.03 bits per heavy atom. The van der Waals surface area contributed by atoms with Gasteiger partial charge in [0, 0.05) is 18.9 Å². The summed E-state index contributed by atoms with van der Waals surface area (Å²) in [7, 11) is 0. The number of ketones is 1. The molecular formula is C26H24Cl3F6NO2S. The smallest absolute Gasteiger partial charge is 0.349 e. The minimum atomic E-state index is -4.98. The first-order valence-corrected chi connectivity index (χ1v) is 14.0. The monoisotopic (exact) mass is 633 g/mol. The highest BCUT2D eigenvalue weighted by Gasteiger charge is 2.40. The number of hydrogen-bond donors (Lipinski definition) is 1. The van der Waals surface area contributed by atoms with E-state index in [-0.39, 0.29) is 38.4 Å². The van der Waals surface area contributed by atoms with Crippen molar-refractivity contribution in [3.8, 4) is 0 Å². The Kier molecular flexibility index (Phi) is 12.1. The van der Waals surface area contributed by atoms with E-state index in [1.807, 2.05) is 6.26 Å². The molecule has 39 heavy (non-hydrogen) atoms. The van der Waals surface area contributed by atoms with Gasteiger partial charge in [0.1, 0.15) is 5.78 Å². The van der Waals surface area contributed by atoms with Crippen molar-refractivity contribution in [2.45, 2.75) is 50.5 Å². The molecule has 0 aliphatic rings.